The van der Waals surface area contributed by atoms with E-state index >= 15 is 0 Å². The van der Waals surface area contributed by atoms with Crippen LogP contribution < -0.4 is 5.32 Å². The predicted octanol–water partition coefficient (Wildman–Crippen LogP) is 1.99. The number of non-ortho nitro benzene ring substituents is 1. The molecule has 2 amide bonds. The second-order valence-electron chi connectivity index (χ2n) is 5.02. The number of amides is 2. The Balaban J connectivity index is 1.90. The number of likely N-dealkylation sites (tertiary alicyclic amines) is 1. The largest absolute Gasteiger partial charge is 0.351 e. The number of hydrogen-bond acceptors (Lipinski definition) is 4. The summed E-state index contributed by atoms with van der Waals surface area (Å²) < 4.78 is 0. The van der Waals surface area contributed by atoms with Gasteiger partial charge in [-0.2, -0.15) is 0 Å². The molecule has 1 aliphatic rings. The van der Waals surface area contributed by atoms with Crippen LogP contribution in [0.4, 0.5) is 5.69 Å². The highest BCUT2D eigenvalue weighted by atomic mass is 35.5. The van der Waals surface area contributed by atoms with Crippen molar-refractivity contribution in [1.29, 1.82) is 0 Å². The number of carbonyl (C=O) groups is 2. The monoisotopic (exact) mass is 325 g/mol. The van der Waals surface area contributed by atoms with Gasteiger partial charge >= 0.3 is 0 Å². The van der Waals surface area contributed by atoms with Crippen LogP contribution in [0.1, 0.15) is 29.6 Å². The van der Waals surface area contributed by atoms with Crippen LogP contribution in [0.5, 0.6) is 0 Å². The summed E-state index contributed by atoms with van der Waals surface area (Å²) in [7, 11) is 0. The highest BCUT2D eigenvalue weighted by Gasteiger charge is 2.19. The van der Waals surface area contributed by atoms with E-state index in [0.717, 1.165) is 32.0 Å². The molecule has 0 aliphatic carbocycles. The third-order valence-electron chi connectivity index (χ3n) is 3.49. The number of carbonyl (C=O) groups excluding carboxylic acids is 2. The Hall–Kier alpha value is -2.15. The molecule has 0 aromatic heterocycles. The fourth-order valence-corrected chi connectivity index (χ4v) is 2.51. The lowest BCUT2D eigenvalue weighted by Crippen LogP contribution is -2.32. The first-order chi connectivity index (χ1) is 10.5. The topological polar surface area (TPSA) is 92.6 Å². The minimum atomic E-state index is -0.593. The number of hydrogen-bond donors (Lipinski definition) is 1. The SMILES string of the molecule is O=C(NCCC(=O)N1CCCC1)c1cc([N+](=O)[O-])ccc1Cl. The molecule has 0 bridgehead atoms. The molecule has 1 saturated heterocycles. The molecule has 0 radical (unpaired) electrons. The first-order valence-corrected chi connectivity index (χ1v) is 7.37. The Morgan fingerprint density at radius 2 is 2.00 bits per heavy atom. The molecular formula is C14H16ClN3O4. The molecule has 1 aromatic rings. The van der Waals surface area contributed by atoms with E-state index in [1.54, 1.807) is 4.90 Å². The van der Waals surface area contributed by atoms with Gasteiger partial charge in [0.2, 0.25) is 5.91 Å². The number of rotatable bonds is 5. The maximum Gasteiger partial charge on any atom is 0.270 e. The Labute approximate surface area is 132 Å². The zero-order chi connectivity index (χ0) is 16.1. The van der Waals surface area contributed by atoms with Crippen LogP contribution in [-0.4, -0.2) is 41.3 Å². The average Bonchev–Trinajstić information content (AvgIpc) is 3.01. The number of nitro groups is 1. The van der Waals surface area contributed by atoms with Crippen LogP contribution in [0.25, 0.3) is 0 Å². The lowest BCUT2D eigenvalue weighted by molar-refractivity contribution is -0.384. The highest BCUT2D eigenvalue weighted by molar-refractivity contribution is 6.33. The van der Waals surface area contributed by atoms with Crippen LogP contribution in [0.2, 0.25) is 5.02 Å². The van der Waals surface area contributed by atoms with Crippen molar-refractivity contribution in [2.45, 2.75) is 19.3 Å². The maximum absolute atomic E-state index is 12.0. The van der Waals surface area contributed by atoms with E-state index in [-0.39, 0.29) is 35.1 Å². The van der Waals surface area contributed by atoms with Crippen molar-refractivity contribution in [2.24, 2.45) is 0 Å². The summed E-state index contributed by atoms with van der Waals surface area (Å²) in [6.07, 6.45) is 2.24. The third-order valence-corrected chi connectivity index (χ3v) is 3.82. The summed E-state index contributed by atoms with van der Waals surface area (Å²) in [5, 5.41) is 13.4. The quantitative estimate of drug-likeness (QED) is 0.662. The van der Waals surface area contributed by atoms with E-state index < -0.39 is 10.8 Å². The van der Waals surface area contributed by atoms with Crippen molar-refractivity contribution in [2.75, 3.05) is 19.6 Å². The molecule has 0 spiro atoms. The second kappa shape index (κ2) is 7.22. The fraction of sp³-hybridized carbons (Fsp3) is 0.429. The van der Waals surface area contributed by atoms with Crippen LogP contribution in [0.3, 0.4) is 0 Å². The summed E-state index contributed by atoms with van der Waals surface area (Å²) in [6.45, 7) is 1.71. The fourth-order valence-electron chi connectivity index (χ4n) is 2.30. The van der Waals surface area contributed by atoms with E-state index in [0.29, 0.717) is 0 Å². The number of nitro benzene ring substituents is 1. The predicted molar refractivity (Wildman–Crippen MR) is 80.9 cm³/mol. The molecule has 1 N–H and O–H groups in total. The van der Waals surface area contributed by atoms with E-state index in [9.17, 15) is 19.7 Å². The van der Waals surface area contributed by atoms with Gasteiger partial charge in [-0.25, -0.2) is 0 Å². The summed E-state index contributed by atoms with van der Waals surface area (Å²) in [4.78, 5) is 35.7. The number of benzene rings is 1. The summed E-state index contributed by atoms with van der Waals surface area (Å²) in [5.74, 6) is -0.522. The summed E-state index contributed by atoms with van der Waals surface area (Å²) >= 11 is 5.88. The van der Waals surface area contributed by atoms with Gasteiger partial charge in [-0.1, -0.05) is 11.6 Å². The van der Waals surface area contributed by atoms with Gasteiger partial charge in [-0.05, 0) is 18.9 Å². The molecule has 1 heterocycles. The third kappa shape index (κ3) is 3.94. The molecular weight excluding hydrogens is 310 g/mol. The van der Waals surface area contributed by atoms with Crippen molar-refractivity contribution in [3.05, 3.63) is 38.9 Å². The molecule has 1 aliphatic heterocycles. The Morgan fingerprint density at radius 3 is 2.64 bits per heavy atom. The van der Waals surface area contributed by atoms with Gasteiger partial charge in [0.15, 0.2) is 0 Å². The zero-order valence-electron chi connectivity index (χ0n) is 11.9. The first kappa shape index (κ1) is 16.2. The van der Waals surface area contributed by atoms with E-state index in [1.165, 1.54) is 12.1 Å². The van der Waals surface area contributed by atoms with Crippen molar-refractivity contribution < 1.29 is 14.5 Å². The Bertz CT molecular complexity index is 600. The standard InChI is InChI=1S/C14H16ClN3O4/c15-12-4-3-10(18(21)22)9-11(12)14(20)16-6-5-13(19)17-7-1-2-8-17/h3-4,9H,1-2,5-8H2,(H,16,20). The molecule has 1 aromatic carbocycles. The van der Waals surface area contributed by atoms with Crippen molar-refractivity contribution in [1.82, 2.24) is 10.2 Å². The Morgan fingerprint density at radius 1 is 1.32 bits per heavy atom. The van der Waals surface area contributed by atoms with E-state index in [4.69, 9.17) is 11.6 Å². The van der Waals surface area contributed by atoms with Crippen LogP contribution in [-0.2, 0) is 4.79 Å². The normalized spacial score (nSPS) is 14.0. The second-order valence-corrected chi connectivity index (χ2v) is 5.42. The van der Waals surface area contributed by atoms with E-state index in [1.807, 2.05) is 0 Å². The van der Waals surface area contributed by atoms with Crippen LogP contribution in [0, 0.1) is 10.1 Å². The highest BCUT2D eigenvalue weighted by Crippen LogP contribution is 2.21. The summed E-state index contributed by atoms with van der Waals surface area (Å²) in [5.41, 5.74) is -0.174. The first-order valence-electron chi connectivity index (χ1n) is 6.99. The van der Waals surface area contributed by atoms with Gasteiger partial charge < -0.3 is 10.2 Å². The van der Waals surface area contributed by atoms with Gasteiger partial charge in [0, 0.05) is 38.2 Å². The molecule has 7 nitrogen and oxygen atoms in total. The average molecular weight is 326 g/mol. The lowest BCUT2D eigenvalue weighted by atomic mass is 10.2. The Kier molecular flexibility index (Phi) is 5.32. The van der Waals surface area contributed by atoms with Gasteiger partial charge in [-0.15, -0.1) is 0 Å². The van der Waals surface area contributed by atoms with Crippen molar-refractivity contribution >= 4 is 29.1 Å². The molecule has 0 atom stereocenters. The van der Waals surface area contributed by atoms with Crippen LogP contribution in [0.15, 0.2) is 18.2 Å². The molecule has 8 heteroatoms. The van der Waals surface area contributed by atoms with Gasteiger partial charge in [-0.3, -0.25) is 19.7 Å². The van der Waals surface area contributed by atoms with E-state index in [2.05, 4.69) is 5.32 Å². The lowest BCUT2D eigenvalue weighted by Gasteiger charge is -2.15. The van der Waals surface area contributed by atoms with Gasteiger partial charge in [0.25, 0.3) is 11.6 Å². The van der Waals surface area contributed by atoms with Crippen molar-refractivity contribution in [3.63, 3.8) is 0 Å². The van der Waals surface area contributed by atoms with Crippen LogP contribution >= 0.6 is 11.6 Å². The molecule has 118 valence electrons. The van der Waals surface area contributed by atoms with Gasteiger partial charge in [0.1, 0.15) is 0 Å². The number of nitrogens with zero attached hydrogens (tertiary/aromatic N) is 2. The van der Waals surface area contributed by atoms with Gasteiger partial charge in [0.05, 0.1) is 15.5 Å². The maximum atomic E-state index is 12.0. The minimum Gasteiger partial charge on any atom is -0.351 e. The molecule has 0 saturated carbocycles. The molecule has 1 fully saturated rings. The smallest absolute Gasteiger partial charge is 0.270 e. The number of halogens is 1. The molecule has 22 heavy (non-hydrogen) atoms. The summed E-state index contributed by atoms with van der Waals surface area (Å²) in [6, 6.07) is 3.67. The minimum absolute atomic E-state index is 0.00272. The zero-order valence-corrected chi connectivity index (χ0v) is 12.6. The molecule has 2 rings (SSSR count). The molecule has 0 unspecified atom stereocenters. The number of nitrogens with one attached hydrogen (secondary N) is 1. The van der Waals surface area contributed by atoms with Crippen molar-refractivity contribution in [3.8, 4) is 0 Å².